The molecule has 0 N–H and O–H groups in total. The topological polar surface area (TPSA) is 12.5 Å². The van der Waals surface area contributed by atoms with Crippen LogP contribution in [-0.4, -0.2) is 41.2 Å². The van der Waals surface area contributed by atoms with Crippen molar-refractivity contribution in [2.45, 2.75) is 16.4 Å². The molecule has 1 unspecified atom stereocenters. The maximum absolute atomic E-state index is 5.14. The first-order chi connectivity index (χ1) is 4.86. The Morgan fingerprint density at radius 3 is 2.60 bits per heavy atom. The van der Waals surface area contributed by atoms with E-state index in [0.29, 0.717) is 0 Å². The monoisotopic (exact) mass is 253 g/mol. The highest BCUT2D eigenvalue weighted by atomic mass is 127. The minimum atomic E-state index is 0.764. The van der Waals surface area contributed by atoms with Crippen LogP contribution in [0, 0.1) is 0 Å². The van der Waals surface area contributed by atoms with Crippen LogP contribution < -0.4 is 0 Å². The highest BCUT2D eigenvalue weighted by molar-refractivity contribution is 14.1. The van der Waals surface area contributed by atoms with Crippen LogP contribution in [0.1, 0.15) is 6.42 Å². The lowest BCUT2D eigenvalue weighted by Crippen LogP contribution is -2.47. The fourth-order valence-corrected chi connectivity index (χ4v) is 2.29. The Balaban J connectivity index is 1.82. The first-order valence-corrected chi connectivity index (χ1v) is 5.06. The van der Waals surface area contributed by atoms with Crippen LogP contribution in [0.2, 0.25) is 0 Å². The highest BCUT2D eigenvalue weighted by Crippen LogP contribution is 2.22. The van der Waals surface area contributed by atoms with Gasteiger partial charge in [-0.2, -0.15) is 0 Å². The Bertz CT molecular complexity index is 127. The van der Waals surface area contributed by atoms with Gasteiger partial charge in [0.15, 0.2) is 0 Å². The second-order valence-corrected chi connectivity index (χ2v) is 4.83. The molecular formula is C7H12INO. The average molecular weight is 253 g/mol. The molecule has 0 bridgehead atoms. The molecule has 0 aromatic rings. The van der Waals surface area contributed by atoms with Crippen molar-refractivity contribution in [3.63, 3.8) is 0 Å². The van der Waals surface area contributed by atoms with Gasteiger partial charge in [-0.25, -0.2) is 0 Å². The summed E-state index contributed by atoms with van der Waals surface area (Å²) in [7, 11) is 0. The third-order valence-corrected chi connectivity index (χ3v) is 3.32. The van der Waals surface area contributed by atoms with E-state index in [9.17, 15) is 0 Å². The average Bonchev–Trinajstić information content (AvgIpc) is 2.10. The largest absolute Gasteiger partial charge is 0.378 e. The SMILES string of the molecule is IC1CCN(C2COC2)C1. The van der Waals surface area contributed by atoms with Crippen molar-refractivity contribution in [2.75, 3.05) is 26.3 Å². The molecular weight excluding hydrogens is 241 g/mol. The number of hydrogen-bond acceptors (Lipinski definition) is 2. The molecule has 2 heterocycles. The van der Waals surface area contributed by atoms with E-state index < -0.39 is 0 Å². The van der Waals surface area contributed by atoms with E-state index in [1.165, 1.54) is 19.5 Å². The zero-order valence-corrected chi connectivity index (χ0v) is 8.08. The third kappa shape index (κ3) is 1.31. The van der Waals surface area contributed by atoms with Gasteiger partial charge in [0.2, 0.25) is 0 Å². The fourth-order valence-electron chi connectivity index (χ4n) is 1.51. The molecule has 0 aliphatic carbocycles. The zero-order chi connectivity index (χ0) is 6.97. The Morgan fingerprint density at radius 1 is 1.40 bits per heavy atom. The van der Waals surface area contributed by atoms with Gasteiger partial charge in [0.05, 0.1) is 19.3 Å². The van der Waals surface area contributed by atoms with Crippen LogP contribution in [0.5, 0.6) is 0 Å². The third-order valence-electron chi connectivity index (χ3n) is 2.30. The van der Waals surface area contributed by atoms with Gasteiger partial charge >= 0.3 is 0 Å². The van der Waals surface area contributed by atoms with Crippen molar-refractivity contribution < 1.29 is 4.74 Å². The molecule has 2 aliphatic rings. The van der Waals surface area contributed by atoms with Gasteiger partial charge in [0.1, 0.15) is 0 Å². The van der Waals surface area contributed by atoms with E-state index in [1.807, 2.05) is 0 Å². The second-order valence-electron chi connectivity index (χ2n) is 3.07. The van der Waals surface area contributed by atoms with Crippen molar-refractivity contribution in [2.24, 2.45) is 0 Å². The Labute approximate surface area is 75.1 Å². The molecule has 2 saturated heterocycles. The minimum Gasteiger partial charge on any atom is -0.378 e. The molecule has 0 radical (unpaired) electrons. The molecule has 0 aromatic heterocycles. The van der Waals surface area contributed by atoms with E-state index in [-0.39, 0.29) is 0 Å². The Kier molecular flexibility index (Phi) is 2.15. The fraction of sp³-hybridized carbons (Fsp3) is 1.00. The minimum absolute atomic E-state index is 0.764. The first kappa shape index (κ1) is 7.31. The van der Waals surface area contributed by atoms with Crippen molar-refractivity contribution in [3.05, 3.63) is 0 Å². The maximum atomic E-state index is 5.14. The van der Waals surface area contributed by atoms with Crippen LogP contribution in [-0.2, 0) is 4.74 Å². The lowest BCUT2D eigenvalue weighted by atomic mass is 10.2. The number of ether oxygens (including phenoxy) is 1. The van der Waals surface area contributed by atoms with E-state index in [4.69, 9.17) is 4.74 Å². The predicted octanol–water partition coefficient (Wildman–Crippen LogP) is 0.895. The van der Waals surface area contributed by atoms with Gasteiger partial charge in [-0.15, -0.1) is 0 Å². The lowest BCUT2D eigenvalue weighted by molar-refractivity contribution is -0.0567. The summed E-state index contributed by atoms with van der Waals surface area (Å²) >= 11 is 2.54. The van der Waals surface area contributed by atoms with Gasteiger partial charge in [-0.3, -0.25) is 4.90 Å². The van der Waals surface area contributed by atoms with E-state index in [0.717, 1.165) is 23.2 Å². The van der Waals surface area contributed by atoms with E-state index in [1.54, 1.807) is 0 Å². The standard InChI is InChI=1S/C7H12INO/c8-6-1-2-9(3-6)7-4-10-5-7/h6-7H,1-5H2. The summed E-state index contributed by atoms with van der Waals surface area (Å²) in [6.45, 7) is 4.53. The smallest absolute Gasteiger partial charge is 0.0645 e. The van der Waals surface area contributed by atoms with Crippen molar-refractivity contribution in [3.8, 4) is 0 Å². The van der Waals surface area contributed by atoms with Gasteiger partial charge in [0.25, 0.3) is 0 Å². The quantitative estimate of drug-likeness (QED) is 0.508. The zero-order valence-electron chi connectivity index (χ0n) is 5.92. The molecule has 2 fully saturated rings. The number of likely N-dealkylation sites (tertiary alicyclic amines) is 1. The number of hydrogen-bond donors (Lipinski definition) is 0. The summed E-state index contributed by atoms with van der Waals surface area (Å²) in [5.41, 5.74) is 0. The molecule has 58 valence electrons. The van der Waals surface area contributed by atoms with Crippen molar-refractivity contribution in [1.29, 1.82) is 0 Å². The Morgan fingerprint density at radius 2 is 2.20 bits per heavy atom. The molecule has 0 aromatic carbocycles. The van der Waals surface area contributed by atoms with Crippen LogP contribution in [0.3, 0.4) is 0 Å². The highest BCUT2D eigenvalue weighted by Gasteiger charge is 2.30. The van der Waals surface area contributed by atoms with Crippen LogP contribution in [0.15, 0.2) is 0 Å². The van der Waals surface area contributed by atoms with Crippen LogP contribution in [0.4, 0.5) is 0 Å². The van der Waals surface area contributed by atoms with Gasteiger partial charge in [-0.1, -0.05) is 22.6 Å². The summed E-state index contributed by atoms with van der Waals surface area (Å²) in [5.74, 6) is 0. The summed E-state index contributed by atoms with van der Waals surface area (Å²) in [6, 6.07) is 0.764. The lowest BCUT2D eigenvalue weighted by Gasteiger charge is -2.34. The van der Waals surface area contributed by atoms with Gasteiger partial charge in [-0.05, 0) is 13.0 Å². The molecule has 0 amide bonds. The number of nitrogens with zero attached hydrogens (tertiary/aromatic N) is 1. The van der Waals surface area contributed by atoms with Crippen molar-refractivity contribution >= 4 is 22.6 Å². The van der Waals surface area contributed by atoms with E-state index in [2.05, 4.69) is 27.5 Å². The van der Waals surface area contributed by atoms with Gasteiger partial charge < -0.3 is 4.74 Å². The van der Waals surface area contributed by atoms with Crippen LogP contribution >= 0.6 is 22.6 Å². The molecule has 2 aliphatic heterocycles. The summed E-state index contributed by atoms with van der Waals surface area (Å²) in [6.07, 6.45) is 1.37. The summed E-state index contributed by atoms with van der Waals surface area (Å²) in [4.78, 5) is 2.56. The summed E-state index contributed by atoms with van der Waals surface area (Å²) < 4.78 is 6.03. The Hall–Kier alpha value is 0.650. The molecule has 2 nitrogen and oxygen atoms in total. The van der Waals surface area contributed by atoms with Crippen LogP contribution in [0.25, 0.3) is 0 Å². The first-order valence-electron chi connectivity index (χ1n) is 3.82. The molecule has 10 heavy (non-hydrogen) atoms. The molecule has 2 rings (SSSR count). The van der Waals surface area contributed by atoms with Gasteiger partial charge in [0, 0.05) is 10.5 Å². The number of rotatable bonds is 1. The summed E-state index contributed by atoms with van der Waals surface area (Å²) in [5, 5.41) is 0. The van der Waals surface area contributed by atoms with E-state index >= 15 is 0 Å². The molecule has 0 saturated carbocycles. The van der Waals surface area contributed by atoms with Crippen molar-refractivity contribution in [1.82, 2.24) is 4.90 Å². The number of alkyl halides is 1. The molecule has 0 spiro atoms. The normalized spacial score (nSPS) is 36.3. The second kappa shape index (κ2) is 2.95. The number of halogens is 1. The maximum Gasteiger partial charge on any atom is 0.0645 e. The molecule has 1 atom stereocenters. The predicted molar refractivity (Wildman–Crippen MR) is 48.6 cm³/mol. The molecule has 3 heteroatoms.